The Kier molecular flexibility index (Phi) is 4.33. The predicted molar refractivity (Wildman–Crippen MR) is 105 cm³/mol. The van der Waals surface area contributed by atoms with Gasteiger partial charge in [-0.3, -0.25) is 4.79 Å². The zero-order valence-corrected chi connectivity index (χ0v) is 15.9. The van der Waals surface area contributed by atoms with Crippen LogP contribution in [0.4, 0.5) is 11.5 Å². The van der Waals surface area contributed by atoms with Crippen LogP contribution in [-0.4, -0.2) is 51.8 Å². The third-order valence-corrected chi connectivity index (χ3v) is 6.10. The molecule has 1 amide bonds. The van der Waals surface area contributed by atoms with Gasteiger partial charge in [-0.1, -0.05) is 11.3 Å². The average Bonchev–Trinajstić information content (AvgIpc) is 3.32. The Bertz CT molecular complexity index is 1050. The third kappa shape index (κ3) is 3.06. The fourth-order valence-corrected chi connectivity index (χ4v) is 4.54. The summed E-state index contributed by atoms with van der Waals surface area (Å²) in [6, 6.07) is 5.46. The van der Waals surface area contributed by atoms with Gasteiger partial charge in [0.25, 0.3) is 5.91 Å². The molecule has 1 saturated heterocycles. The second-order valence-corrected chi connectivity index (χ2v) is 7.92. The quantitative estimate of drug-likeness (QED) is 0.700. The number of fused-ring (bicyclic) bond motifs is 2. The lowest BCUT2D eigenvalue weighted by Crippen LogP contribution is -2.38. The van der Waals surface area contributed by atoms with Gasteiger partial charge in [0, 0.05) is 31.5 Å². The summed E-state index contributed by atoms with van der Waals surface area (Å²) in [4.78, 5) is 28.7. The van der Waals surface area contributed by atoms with Crippen LogP contribution in [0.1, 0.15) is 28.2 Å². The third-order valence-electron chi connectivity index (χ3n) is 5.14. The Morgan fingerprint density at radius 3 is 3.00 bits per heavy atom. The second-order valence-electron chi connectivity index (χ2n) is 6.94. The highest BCUT2D eigenvalue weighted by Gasteiger charge is 2.26. The molecule has 2 aliphatic rings. The number of aromatic hydroxyl groups is 1. The van der Waals surface area contributed by atoms with Crippen LogP contribution < -0.4 is 10.2 Å². The van der Waals surface area contributed by atoms with E-state index in [9.17, 15) is 9.90 Å². The molecule has 5 rings (SSSR count). The molecule has 0 atom stereocenters. The first-order valence-electron chi connectivity index (χ1n) is 9.28. The van der Waals surface area contributed by atoms with Crippen molar-refractivity contribution in [2.24, 2.45) is 0 Å². The maximum absolute atomic E-state index is 12.7. The summed E-state index contributed by atoms with van der Waals surface area (Å²) in [5.74, 6) is 0.776. The van der Waals surface area contributed by atoms with Crippen LogP contribution in [0.15, 0.2) is 24.5 Å². The zero-order valence-electron chi connectivity index (χ0n) is 15.1. The number of nitrogens with one attached hydrogen (secondary N) is 1. The van der Waals surface area contributed by atoms with Crippen LogP contribution in [0.3, 0.4) is 0 Å². The van der Waals surface area contributed by atoms with Gasteiger partial charge < -0.3 is 20.1 Å². The first kappa shape index (κ1) is 17.3. The summed E-state index contributed by atoms with van der Waals surface area (Å²) >= 11 is 1.28. The van der Waals surface area contributed by atoms with E-state index in [4.69, 9.17) is 4.74 Å². The van der Waals surface area contributed by atoms with Crippen molar-refractivity contribution in [3.05, 3.63) is 35.1 Å². The van der Waals surface area contributed by atoms with Crippen LogP contribution in [-0.2, 0) is 11.2 Å². The molecule has 2 aliphatic heterocycles. The minimum atomic E-state index is -0.174. The highest BCUT2D eigenvalue weighted by Crippen LogP contribution is 2.38. The lowest BCUT2D eigenvalue weighted by Gasteiger charge is -2.22. The van der Waals surface area contributed by atoms with Crippen molar-refractivity contribution in [1.82, 2.24) is 20.3 Å². The molecule has 8 nitrogen and oxygen atoms in total. The van der Waals surface area contributed by atoms with E-state index in [1.807, 2.05) is 6.07 Å². The Hall–Kier alpha value is -2.78. The van der Waals surface area contributed by atoms with Gasteiger partial charge in [-0.05, 0) is 43.0 Å². The molecule has 0 spiro atoms. The minimum Gasteiger partial charge on any atom is -0.508 e. The summed E-state index contributed by atoms with van der Waals surface area (Å²) in [6.45, 7) is 2.08. The maximum Gasteiger partial charge on any atom is 0.280 e. The van der Waals surface area contributed by atoms with Crippen LogP contribution in [0.5, 0.6) is 5.75 Å². The minimum absolute atomic E-state index is 0.122. The number of phenolic OH excluding ortho intramolecular Hbond substituents is 1. The second kappa shape index (κ2) is 6.99. The summed E-state index contributed by atoms with van der Waals surface area (Å²) in [5, 5.41) is 13.2. The molecular formula is C19H19N5O3S. The number of benzene rings is 1. The van der Waals surface area contributed by atoms with E-state index < -0.39 is 0 Å². The molecule has 1 fully saturated rings. The topological polar surface area (TPSA) is 100 Å². The summed E-state index contributed by atoms with van der Waals surface area (Å²) in [6.07, 6.45) is 3.96. The first-order valence-corrected chi connectivity index (χ1v) is 10.1. The lowest BCUT2D eigenvalue weighted by molar-refractivity contribution is 0.0696. The number of hydrogen-bond acceptors (Lipinski definition) is 8. The number of hydrogen-bond donors (Lipinski definition) is 2. The van der Waals surface area contributed by atoms with Crippen molar-refractivity contribution in [2.75, 3.05) is 24.7 Å². The number of rotatable bonds is 3. The van der Waals surface area contributed by atoms with Gasteiger partial charge in [-0.25, -0.2) is 15.0 Å². The SMILES string of the molecule is O=C(NC1CCOCC1)c1nc2c(N3CCc4cc(O)ccc43)ncnc2s1. The van der Waals surface area contributed by atoms with E-state index in [1.54, 1.807) is 12.1 Å². The number of carbonyl (C=O) groups is 1. The standard InChI is InChI=1S/C19H19N5O3S/c25-13-1-2-14-11(9-13)3-6-24(14)16-15-18(21-10-20-16)28-19(23-15)17(26)22-12-4-7-27-8-5-12/h1-2,9-10,12,25H,3-8H2,(H,22,26). The summed E-state index contributed by atoms with van der Waals surface area (Å²) in [7, 11) is 0. The fraction of sp³-hybridized carbons (Fsp3) is 0.368. The van der Waals surface area contributed by atoms with E-state index in [-0.39, 0.29) is 17.7 Å². The molecule has 0 bridgehead atoms. The average molecular weight is 397 g/mol. The zero-order chi connectivity index (χ0) is 19.1. The van der Waals surface area contributed by atoms with Gasteiger partial charge in [0.2, 0.25) is 0 Å². The van der Waals surface area contributed by atoms with Crippen molar-refractivity contribution in [3.63, 3.8) is 0 Å². The molecule has 144 valence electrons. The van der Waals surface area contributed by atoms with Gasteiger partial charge in [-0.15, -0.1) is 0 Å². The highest BCUT2D eigenvalue weighted by atomic mass is 32.1. The molecule has 1 aromatic carbocycles. The van der Waals surface area contributed by atoms with Crippen LogP contribution >= 0.6 is 11.3 Å². The first-order chi connectivity index (χ1) is 13.7. The summed E-state index contributed by atoms with van der Waals surface area (Å²) in [5.41, 5.74) is 2.70. The molecule has 3 aromatic rings. The predicted octanol–water partition coefficient (Wildman–Crippen LogP) is 2.39. The van der Waals surface area contributed by atoms with Gasteiger partial charge in [0.15, 0.2) is 10.8 Å². The number of ether oxygens (including phenoxy) is 1. The monoisotopic (exact) mass is 397 g/mol. The number of anilines is 2. The number of aromatic nitrogens is 3. The number of thiazole rings is 1. The van der Waals surface area contributed by atoms with Crippen molar-refractivity contribution in [2.45, 2.75) is 25.3 Å². The van der Waals surface area contributed by atoms with Crippen LogP contribution in [0.2, 0.25) is 0 Å². The van der Waals surface area contributed by atoms with Gasteiger partial charge >= 0.3 is 0 Å². The normalized spacial score (nSPS) is 17.1. The van der Waals surface area contributed by atoms with Gasteiger partial charge in [0.1, 0.15) is 22.4 Å². The molecule has 2 N–H and O–H groups in total. The molecule has 0 unspecified atom stereocenters. The van der Waals surface area contributed by atoms with E-state index in [0.29, 0.717) is 34.4 Å². The molecule has 4 heterocycles. The Balaban J connectivity index is 1.46. The molecular weight excluding hydrogens is 378 g/mol. The maximum atomic E-state index is 12.7. The number of phenols is 1. The van der Waals surface area contributed by atoms with E-state index in [0.717, 1.165) is 37.1 Å². The highest BCUT2D eigenvalue weighted by molar-refractivity contribution is 7.20. The Morgan fingerprint density at radius 1 is 1.29 bits per heavy atom. The number of nitrogens with zero attached hydrogens (tertiary/aromatic N) is 4. The number of carbonyl (C=O) groups excluding carboxylic acids is 1. The largest absolute Gasteiger partial charge is 0.508 e. The lowest BCUT2D eigenvalue weighted by atomic mass is 10.1. The molecule has 28 heavy (non-hydrogen) atoms. The van der Waals surface area contributed by atoms with E-state index in [1.165, 1.54) is 17.7 Å². The van der Waals surface area contributed by atoms with Crippen LogP contribution in [0, 0.1) is 0 Å². The number of amides is 1. The van der Waals surface area contributed by atoms with Gasteiger partial charge in [-0.2, -0.15) is 0 Å². The molecule has 9 heteroatoms. The smallest absolute Gasteiger partial charge is 0.280 e. The van der Waals surface area contributed by atoms with Gasteiger partial charge in [0.05, 0.1) is 0 Å². The molecule has 0 saturated carbocycles. The van der Waals surface area contributed by atoms with Crippen molar-refractivity contribution >= 4 is 39.1 Å². The Morgan fingerprint density at radius 2 is 2.14 bits per heavy atom. The van der Waals surface area contributed by atoms with Crippen molar-refractivity contribution in [3.8, 4) is 5.75 Å². The molecule has 0 radical (unpaired) electrons. The van der Waals surface area contributed by atoms with Crippen LogP contribution in [0.25, 0.3) is 10.3 Å². The molecule has 0 aliphatic carbocycles. The fourth-order valence-electron chi connectivity index (χ4n) is 3.73. The Labute approximate surface area is 165 Å². The van der Waals surface area contributed by atoms with E-state index >= 15 is 0 Å². The summed E-state index contributed by atoms with van der Waals surface area (Å²) < 4.78 is 5.34. The van der Waals surface area contributed by atoms with Crippen molar-refractivity contribution < 1.29 is 14.6 Å². The van der Waals surface area contributed by atoms with E-state index in [2.05, 4.69) is 25.2 Å². The van der Waals surface area contributed by atoms with Crippen molar-refractivity contribution in [1.29, 1.82) is 0 Å². The molecule has 2 aromatic heterocycles.